The maximum atomic E-state index is 12.7. The largest absolute Gasteiger partial charge is 0.340 e. The van der Waals surface area contributed by atoms with Crippen molar-refractivity contribution in [2.75, 3.05) is 32.7 Å². The summed E-state index contributed by atoms with van der Waals surface area (Å²) in [5.74, 6) is 0.733. The van der Waals surface area contributed by atoms with E-state index in [4.69, 9.17) is 0 Å². The number of hydrogen-bond acceptors (Lipinski definition) is 3. The van der Waals surface area contributed by atoms with E-state index in [0.29, 0.717) is 12.5 Å². The van der Waals surface area contributed by atoms with Crippen molar-refractivity contribution in [2.45, 2.75) is 45.6 Å². The highest BCUT2D eigenvalue weighted by Gasteiger charge is 2.54. The fourth-order valence-corrected chi connectivity index (χ4v) is 3.82. The van der Waals surface area contributed by atoms with Crippen LogP contribution in [-0.4, -0.2) is 60.4 Å². The molecule has 0 radical (unpaired) electrons. The number of nitrogens with one attached hydrogen (secondary N) is 1. The molecule has 1 saturated carbocycles. The number of piperazine rings is 1. The molecule has 0 aromatic heterocycles. The number of amides is 2. The van der Waals surface area contributed by atoms with Crippen LogP contribution in [0.5, 0.6) is 0 Å². The zero-order valence-electron chi connectivity index (χ0n) is 13.2. The van der Waals surface area contributed by atoms with Crippen molar-refractivity contribution in [3.05, 3.63) is 0 Å². The van der Waals surface area contributed by atoms with Crippen molar-refractivity contribution in [3.8, 4) is 0 Å². The predicted molar refractivity (Wildman–Crippen MR) is 80.7 cm³/mol. The summed E-state index contributed by atoms with van der Waals surface area (Å²) in [6.07, 6.45) is 4.17. The summed E-state index contributed by atoms with van der Waals surface area (Å²) in [4.78, 5) is 28.7. The van der Waals surface area contributed by atoms with Crippen LogP contribution in [0, 0.1) is 11.3 Å². The van der Waals surface area contributed by atoms with Crippen molar-refractivity contribution in [1.29, 1.82) is 0 Å². The predicted octanol–water partition coefficient (Wildman–Crippen LogP) is 0.845. The van der Waals surface area contributed by atoms with Gasteiger partial charge in [0, 0.05) is 38.1 Å². The summed E-state index contributed by atoms with van der Waals surface area (Å²) in [6.45, 7) is 8.09. The molecule has 118 valence electrons. The second kappa shape index (κ2) is 5.59. The number of piperidine rings is 1. The lowest BCUT2D eigenvalue weighted by Crippen LogP contribution is -2.57. The second-order valence-corrected chi connectivity index (χ2v) is 7.11. The highest BCUT2D eigenvalue weighted by molar-refractivity contribution is 5.83. The fourth-order valence-electron chi connectivity index (χ4n) is 3.82. The van der Waals surface area contributed by atoms with E-state index >= 15 is 0 Å². The molecular weight excluding hydrogens is 266 g/mol. The van der Waals surface area contributed by atoms with E-state index in [9.17, 15) is 9.59 Å². The Morgan fingerprint density at radius 3 is 2.90 bits per heavy atom. The van der Waals surface area contributed by atoms with Crippen LogP contribution in [-0.2, 0) is 9.59 Å². The molecule has 1 aliphatic carbocycles. The van der Waals surface area contributed by atoms with Crippen molar-refractivity contribution in [2.24, 2.45) is 11.3 Å². The molecule has 0 aromatic rings. The zero-order valence-corrected chi connectivity index (χ0v) is 13.2. The van der Waals surface area contributed by atoms with Gasteiger partial charge in [-0.2, -0.15) is 0 Å². The number of carbonyl (C=O) groups is 2. The molecule has 3 unspecified atom stereocenters. The maximum absolute atomic E-state index is 12.7. The third kappa shape index (κ3) is 2.80. The maximum Gasteiger partial charge on any atom is 0.236 e. The molecule has 2 saturated heterocycles. The molecule has 21 heavy (non-hydrogen) atoms. The van der Waals surface area contributed by atoms with E-state index in [2.05, 4.69) is 19.2 Å². The second-order valence-electron chi connectivity index (χ2n) is 7.11. The van der Waals surface area contributed by atoms with Gasteiger partial charge in [0.15, 0.2) is 0 Å². The Hall–Kier alpha value is -1.10. The van der Waals surface area contributed by atoms with Gasteiger partial charge in [-0.1, -0.05) is 13.8 Å². The normalized spacial score (nSPS) is 36.8. The summed E-state index contributed by atoms with van der Waals surface area (Å²) in [6, 6.07) is 0.226. The first-order chi connectivity index (χ1) is 10.0. The van der Waals surface area contributed by atoms with Crippen LogP contribution in [0.25, 0.3) is 0 Å². The molecule has 0 bridgehead atoms. The third-order valence-corrected chi connectivity index (χ3v) is 5.73. The fraction of sp³-hybridized carbons (Fsp3) is 0.875. The molecule has 3 rings (SSSR count). The highest BCUT2D eigenvalue weighted by atomic mass is 16.2. The van der Waals surface area contributed by atoms with Crippen LogP contribution in [0.1, 0.15) is 39.5 Å². The van der Waals surface area contributed by atoms with Crippen LogP contribution < -0.4 is 5.32 Å². The van der Waals surface area contributed by atoms with Gasteiger partial charge in [0.2, 0.25) is 11.8 Å². The van der Waals surface area contributed by atoms with E-state index in [1.165, 1.54) is 0 Å². The van der Waals surface area contributed by atoms with Crippen LogP contribution >= 0.6 is 0 Å². The molecule has 0 aromatic carbocycles. The molecule has 2 amide bonds. The molecule has 5 heteroatoms. The summed E-state index contributed by atoms with van der Waals surface area (Å²) in [7, 11) is 0. The Morgan fingerprint density at radius 1 is 1.43 bits per heavy atom. The minimum Gasteiger partial charge on any atom is -0.340 e. The first-order valence-electron chi connectivity index (χ1n) is 8.34. The molecule has 3 atom stereocenters. The Morgan fingerprint density at radius 2 is 2.24 bits per heavy atom. The van der Waals surface area contributed by atoms with Crippen molar-refractivity contribution < 1.29 is 9.59 Å². The van der Waals surface area contributed by atoms with Gasteiger partial charge in [0.05, 0.1) is 6.54 Å². The Balaban J connectivity index is 1.61. The number of carbonyl (C=O) groups excluding carboxylic acids is 2. The van der Waals surface area contributed by atoms with Gasteiger partial charge in [-0.25, -0.2) is 0 Å². The Kier molecular flexibility index (Phi) is 3.95. The quantitative estimate of drug-likeness (QED) is 0.839. The van der Waals surface area contributed by atoms with E-state index in [0.717, 1.165) is 51.9 Å². The first-order valence-corrected chi connectivity index (χ1v) is 8.34. The average molecular weight is 293 g/mol. The Bertz CT molecular complexity index is 439. The number of hydrogen-bond donors (Lipinski definition) is 1. The monoisotopic (exact) mass is 293 g/mol. The smallest absolute Gasteiger partial charge is 0.236 e. The SMILES string of the molecule is CCC1(C)CC1C(=O)N1CCCC(N2CCNCC2=O)C1. The Labute approximate surface area is 127 Å². The first kappa shape index (κ1) is 14.8. The zero-order chi connectivity index (χ0) is 15.0. The highest BCUT2D eigenvalue weighted by Crippen LogP contribution is 2.55. The van der Waals surface area contributed by atoms with E-state index in [-0.39, 0.29) is 23.3 Å². The standard InChI is InChI=1S/C16H27N3O2/c1-3-16(2)9-13(16)15(21)18-7-4-5-12(11-18)19-8-6-17-10-14(19)20/h12-13,17H,3-11H2,1-2H3. The van der Waals surface area contributed by atoms with E-state index < -0.39 is 0 Å². The van der Waals surface area contributed by atoms with Gasteiger partial charge in [-0.3, -0.25) is 9.59 Å². The molecule has 3 fully saturated rings. The molecule has 3 aliphatic rings. The van der Waals surface area contributed by atoms with Gasteiger partial charge in [-0.05, 0) is 31.1 Å². The van der Waals surface area contributed by atoms with Crippen LogP contribution in [0.15, 0.2) is 0 Å². The summed E-state index contributed by atoms with van der Waals surface area (Å²) in [5, 5.41) is 3.11. The summed E-state index contributed by atoms with van der Waals surface area (Å²) in [5.41, 5.74) is 0.231. The lowest BCUT2D eigenvalue weighted by Gasteiger charge is -2.41. The molecular formula is C16H27N3O2. The van der Waals surface area contributed by atoms with Crippen molar-refractivity contribution >= 4 is 11.8 Å². The summed E-state index contributed by atoms with van der Waals surface area (Å²) >= 11 is 0. The van der Waals surface area contributed by atoms with Gasteiger partial charge in [0.1, 0.15) is 0 Å². The van der Waals surface area contributed by atoms with Gasteiger partial charge >= 0.3 is 0 Å². The van der Waals surface area contributed by atoms with Crippen LogP contribution in [0.2, 0.25) is 0 Å². The van der Waals surface area contributed by atoms with Gasteiger partial charge in [-0.15, -0.1) is 0 Å². The molecule has 2 aliphatic heterocycles. The van der Waals surface area contributed by atoms with E-state index in [1.54, 1.807) is 0 Å². The third-order valence-electron chi connectivity index (χ3n) is 5.73. The van der Waals surface area contributed by atoms with E-state index in [1.807, 2.05) is 9.80 Å². The van der Waals surface area contributed by atoms with Gasteiger partial charge < -0.3 is 15.1 Å². The van der Waals surface area contributed by atoms with Crippen LogP contribution in [0.3, 0.4) is 0 Å². The average Bonchev–Trinajstić information content (AvgIpc) is 3.20. The van der Waals surface area contributed by atoms with Crippen molar-refractivity contribution in [3.63, 3.8) is 0 Å². The van der Waals surface area contributed by atoms with Crippen molar-refractivity contribution in [1.82, 2.24) is 15.1 Å². The molecule has 0 spiro atoms. The minimum atomic E-state index is 0.186. The molecule has 2 heterocycles. The van der Waals surface area contributed by atoms with Crippen LogP contribution in [0.4, 0.5) is 0 Å². The molecule has 5 nitrogen and oxygen atoms in total. The van der Waals surface area contributed by atoms with Gasteiger partial charge in [0.25, 0.3) is 0 Å². The number of nitrogens with zero attached hydrogens (tertiary/aromatic N) is 2. The lowest BCUT2D eigenvalue weighted by molar-refractivity contribution is -0.141. The molecule has 1 N–H and O–H groups in total. The topological polar surface area (TPSA) is 52.7 Å². The minimum absolute atomic E-state index is 0.186. The number of likely N-dealkylation sites (tertiary alicyclic amines) is 1. The number of rotatable bonds is 3. The lowest BCUT2D eigenvalue weighted by atomic mass is 10.00. The summed E-state index contributed by atoms with van der Waals surface area (Å²) < 4.78 is 0.